The molecule has 0 saturated carbocycles. The number of nitrogens with one attached hydrogen (secondary N) is 1. The van der Waals surface area contributed by atoms with E-state index in [0.717, 1.165) is 18.7 Å². The van der Waals surface area contributed by atoms with Gasteiger partial charge in [0, 0.05) is 31.0 Å². The fraction of sp³-hybridized carbons (Fsp3) is 0.364. The van der Waals surface area contributed by atoms with Gasteiger partial charge in [0.25, 0.3) is 5.89 Å². The second-order valence-corrected chi connectivity index (χ2v) is 3.76. The summed E-state index contributed by atoms with van der Waals surface area (Å²) in [6.07, 6.45) is 3.26. The smallest absolute Gasteiger partial charge is 0.258 e. The Morgan fingerprint density at radius 3 is 2.94 bits per heavy atom. The van der Waals surface area contributed by atoms with Gasteiger partial charge in [0.1, 0.15) is 6.10 Å². The van der Waals surface area contributed by atoms with E-state index in [1.807, 2.05) is 12.1 Å². The first-order valence-electron chi connectivity index (χ1n) is 5.50. The second kappa shape index (κ2) is 4.60. The van der Waals surface area contributed by atoms with Gasteiger partial charge in [-0.1, -0.05) is 5.16 Å². The van der Waals surface area contributed by atoms with Gasteiger partial charge in [0.05, 0.1) is 6.61 Å². The number of rotatable bonds is 2. The van der Waals surface area contributed by atoms with Gasteiger partial charge in [-0.25, -0.2) is 0 Å². The molecule has 17 heavy (non-hydrogen) atoms. The van der Waals surface area contributed by atoms with Crippen LogP contribution in [-0.2, 0) is 4.74 Å². The Morgan fingerprint density at radius 2 is 2.18 bits per heavy atom. The lowest BCUT2D eigenvalue weighted by molar-refractivity contribution is 0.0208. The summed E-state index contributed by atoms with van der Waals surface area (Å²) in [7, 11) is 0. The quantitative estimate of drug-likeness (QED) is 0.825. The van der Waals surface area contributed by atoms with Crippen molar-refractivity contribution >= 4 is 0 Å². The van der Waals surface area contributed by atoms with Crippen molar-refractivity contribution < 1.29 is 9.26 Å². The topological polar surface area (TPSA) is 73.1 Å². The van der Waals surface area contributed by atoms with E-state index in [1.54, 1.807) is 12.4 Å². The summed E-state index contributed by atoms with van der Waals surface area (Å²) in [6, 6.07) is 3.66. The van der Waals surface area contributed by atoms with Crippen LogP contribution in [0.1, 0.15) is 11.9 Å². The fourth-order valence-electron chi connectivity index (χ4n) is 1.71. The van der Waals surface area contributed by atoms with Gasteiger partial charge in [-0.15, -0.1) is 0 Å². The van der Waals surface area contributed by atoms with Crippen LogP contribution in [0.15, 0.2) is 29.0 Å². The molecule has 3 heterocycles. The van der Waals surface area contributed by atoms with Gasteiger partial charge in [-0.3, -0.25) is 4.98 Å². The number of morpholine rings is 1. The minimum Gasteiger partial charge on any atom is -0.367 e. The third-order valence-electron chi connectivity index (χ3n) is 2.58. The van der Waals surface area contributed by atoms with E-state index in [4.69, 9.17) is 9.26 Å². The molecule has 1 aliphatic rings. The summed E-state index contributed by atoms with van der Waals surface area (Å²) < 4.78 is 10.8. The maximum Gasteiger partial charge on any atom is 0.258 e. The van der Waals surface area contributed by atoms with Crippen molar-refractivity contribution in [3.05, 3.63) is 30.4 Å². The SMILES string of the molecule is c1cc(-c2nc(C3CNCCO3)no2)ccn1. The van der Waals surface area contributed by atoms with Gasteiger partial charge in [-0.05, 0) is 12.1 Å². The van der Waals surface area contributed by atoms with Crippen molar-refractivity contribution in [2.24, 2.45) is 0 Å². The standard InChI is InChI=1S/C11H12N4O2/c1-3-12-4-2-8(1)11-14-10(15-17-11)9-7-13-5-6-16-9/h1-4,9,13H,5-7H2. The summed E-state index contributed by atoms with van der Waals surface area (Å²) in [4.78, 5) is 8.28. The van der Waals surface area contributed by atoms with Crippen LogP contribution < -0.4 is 5.32 Å². The molecule has 1 saturated heterocycles. The van der Waals surface area contributed by atoms with Crippen LogP contribution in [0.3, 0.4) is 0 Å². The molecule has 0 bridgehead atoms. The van der Waals surface area contributed by atoms with Crippen LogP contribution in [0.5, 0.6) is 0 Å². The Bertz CT molecular complexity index is 479. The van der Waals surface area contributed by atoms with E-state index in [9.17, 15) is 0 Å². The summed E-state index contributed by atoms with van der Waals surface area (Å²) in [5.41, 5.74) is 0.863. The average Bonchev–Trinajstić information content (AvgIpc) is 2.90. The number of ether oxygens (including phenoxy) is 1. The molecule has 1 unspecified atom stereocenters. The largest absolute Gasteiger partial charge is 0.367 e. The van der Waals surface area contributed by atoms with Gasteiger partial charge < -0.3 is 14.6 Å². The van der Waals surface area contributed by atoms with Crippen LogP contribution >= 0.6 is 0 Å². The van der Waals surface area contributed by atoms with Crippen LogP contribution in [0.25, 0.3) is 11.5 Å². The molecule has 0 radical (unpaired) electrons. The third kappa shape index (κ3) is 2.17. The molecule has 0 aromatic carbocycles. The molecule has 88 valence electrons. The predicted octanol–water partition coefficient (Wildman–Crippen LogP) is 0.792. The van der Waals surface area contributed by atoms with Gasteiger partial charge >= 0.3 is 0 Å². The first kappa shape index (κ1) is 10.4. The minimum absolute atomic E-state index is 0.122. The average molecular weight is 232 g/mol. The first-order valence-corrected chi connectivity index (χ1v) is 5.50. The highest BCUT2D eigenvalue weighted by molar-refractivity contribution is 5.51. The molecule has 2 aromatic heterocycles. The number of hydrogen-bond acceptors (Lipinski definition) is 6. The highest BCUT2D eigenvalue weighted by atomic mass is 16.5. The molecule has 6 nitrogen and oxygen atoms in total. The van der Waals surface area contributed by atoms with E-state index < -0.39 is 0 Å². The minimum atomic E-state index is -0.122. The zero-order valence-corrected chi connectivity index (χ0v) is 9.17. The number of pyridine rings is 1. The van der Waals surface area contributed by atoms with Gasteiger partial charge in [0.15, 0.2) is 0 Å². The van der Waals surface area contributed by atoms with E-state index in [0.29, 0.717) is 18.3 Å². The lowest BCUT2D eigenvalue weighted by Crippen LogP contribution is -2.33. The Labute approximate surface area is 98.0 Å². The second-order valence-electron chi connectivity index (χ2n) is 3.76. The maximum atomic E-state index is 5.55. The highest BCUT2D eigenvalue weighted by Gasteiger charge is 2.21. The van der Waals surface area contributed by atoms with Crippen molar-refractivity contribution in [1.29, 1.82) is 0 Å². The molecule has 0 spiro atoms. The monoisotopic (exact) mass is 232 g/mol. The van der Waals surface area contributed by atoms with E-state index >= 15 is 0 Å². The fourth-order valence-corrected chi connectivity index (χ4v) is 1.71. The molecule has 1 N–H and O–H groups in total. The molecule has 1 atom stereocenters. The molecule has 0 aliphatic carbocycles. The molecule has 0 amide bonds. The zero-order valence-electron chi connectivity index (χ0n) is 9.17. The predicted molar refractivity (Wildman–Crippen MR) is 59.1 cm³/mol. The Balaban J connectivity index is 1.83. The first-order chi connectivity index (χ1) is 8.43. The highest BCUT2D eigenvalue weighted by Crippen LogP contribution is 2.20. The lowest BCUT2D eigenvalue weighted by atomic mass is 10.2. The van der Waals surface area contributed by atoms with Crippen LogP contribution in [-0.4, -0.2) is 34.8 Å². The van der Waals surface area contributed by atoms with Gasteiger partial charge in [0.2, 0.25) is 5.82 Å². The Morgan fingerprint density at radius 1 is 1.29 bits per heavy atom. The van der Waals surface area contributed by atoms with Crippen molar-refractivity contribution in [3.63, 3.8) is 0 Å². The maximum absolute atomic E-state index is 5.55. The molecule has 3 rings (SSSR count). The summed E-state index contributed by atoms with van der Waals surface area (Å²) in [5.74, 6) is 1.08. The molecule has 1 aliphatic heterocycles. The van der Waals surface area contributed by atoms with Crippen LogP contribution in [0, 0.1) is 0 Å². The normalized spacial score (nSPS) is 20.4. The Hall–Kier alpha value is -1.79. The molecular formula is C11H12N4O2. The molecular weight excluding hydrogens is 220 g/mol. The van der Waals surface area contributed by atoms with Gasteiger partial charge in [-0.2, -0.15) is 4.98 Å². The van der Waals surface area contributed by atoms with Crippen LogP contribution in [0.2, 0.25) is 0 Å². The summed E-state index contributed by atoms with van der Waals surface area (Å²) >= 11 is 0. The molecule has 1 fully saturated rings. The molecule has 2 aromatic rings. The zero-order chi connectivity index (χ0) is 11.5. The van der Waals surface area contributed by atoms with Crippen LogP contribution in [0.4, 0.5) is 0 Å². The van der Waals surface area contributed by atoms with E-state index in [2.05, 4.69) is 20.4 Å². The van der Waals surface area contributed by atoms with Crippen molar-refractivity contribution in [2.45, 2.75) is 6.10 Å². The van der Waals surface area contributed by atoms with Crippen molar-refractivity contribution in [3.8, 4) is 11.5 Å². The Kier molecular flexibility index (Phi) is 2.81. The molecule has 6 heteroatoms. The number of nitrogens with zero attached hydrogens (tertiary/aromatic N) is 3. The van der Waals surface area contributed by atoms with Crippen molar-refractivity contribution in [1.82, 2.24) is 20.4 Å². The number of aromatic nitrogens is 3. The van der Waals surface area contributed by atoms with Crippen molar-refractivity contribution in [2.75, 3.05) is 19.7 Å². The summed E-state index contributed by atoms with van der Waals surface area (Å²) in [5, 5.41) is 7.17. The summed E-state index contributed by atoms with van der Waals surface area (Å²) in [6.45, 7) is 2.25. The lowest BCUT2D eigenvalue weighted by Gasteiger charge is -2.20. The third-order valence-corrected chi connectivity index (χ3v) is 2.58. The number of hydrogen-bond donors (Lipinski definition) is 1. The van der Waals surface area contributed by atoms with E-state index in [-0.39, 0.29) is 6.10 Å². The van der Waals surface area contributed by atoms with E-state index in [1.165, 1.54) is 0 Å².